The summed E-state index contributed by atoms with van der Waals surface area (Å²) >= 11 is 0. The van der Waals surface area contributed by atoms with Crippen molar-refractivity contribution in [2.45, 2.75) is 24.8 Å². The smallest absolute Gasteiger partial charge is 0.240 e. The minimum Gasteiger partial charge on any atom is -0.378 e. The maximum absolute atomic E-state index is 12.7. The molecule has 5 nitrogen and oxygen atoms in total. The van der Waals surface area contributed by atoms with E-state index in [-0.39, 0.29) is 6.04 Å². The second kappa shape index (κ2) is 8.20. The van der Waals surface area contributed by atoms with Crippen LogP contribution in [0.25, 0.3) is 0 Å². The van der Waals surface area contributed by atoms with E-state index in [1.54, 1.807) is 12.1 Å². The molecule has 0 fully saturated rings. The average molecular weight is 376 g/mol. The number of nitrogens with zero attached hydrogens (tertiary/aromatic N) is 2. The molecule has 0 amide bonds. The number of nitrogens with one attached hydrogen (secondary N) is 1. The Balaban J connectivity index is 2.18. The summed E-state index contributed by atoms with van der Waals surface area (Å²) in [6.07, 6.45) is 0. The first-order valence-corrected chi connectivity index (χ1v) is 10.1. The number of rotatable bonds is 7. The lowest BCUT2D eigenvalue weighted by atomic mass is 10.1. The summed E-state index contributed by atoms with van der Waals surface area (Å²) in [5.74, 6) is 0. The molecule has 0 heterocycles. The maximum Gasteiger partial charge on any atom is 0.240 e. The Morgan fingerprint density at radius 3 is 2.04 bits per heavy atom. The van der Waals surface area contributed by atoms with E-state index in [9.17, 15) is 8.42 Å². The lowest BCUT2D eigenvalue weighted by Gasteiger charge is -2.26. The highest BCUT2D eigenvalue weighted by Gasteiger charge is 2.20. The first kappa shape index (κ1) is 20.4. The molecule has 1 unspecified atom stereocenters. The van der Waals surface area contributed by atoms with E-state index in [2.05, 4.69) is 4.72 Å². The van der Waals surface area contributed by atoms with Crippen LogP contribution >= 0.6 is 0 Å². The zero-order valence-electron chi connectivity index (χ0n) is 16.4. The molecular weight excluding hydrogens is 346 g/mol. The molecule has 0 radical (unpaired) electrons. The van der Waals surface area contributed by atoms with Gasteiger partial charge in [-0.2, -0.15) is 0 Å². The van der Waals surface area contributed by atoms with Gasteiger partial charge in [-0.05, 0) is 68.9 Å². The quantitative estimate of drug-likeness (QED) is 0.808. The van der Waals surface area contributed by atoms with Crippen molar-refractivity contribution < 1.29 is 8.42 Å². The van der Waals surface area contributed by atoms with Gasteiger partial charge >= 0.3 is 0 Å². The molecule has 26 heavy (non-hydrogen) atoms. The van der Waals surface area contributed by atoms with Crippen molar-refractivity contribution in [3.63, 3.8) is 0 Å². The molecule has 1 N–H and O–H groups in total. The number of aryl methyl sites for hydroxylation is 2. The number of hydrogen-bond donors (Lipinski definition) is 1. The lowest BCUT2D eigenvalue weighted by molar-refractivity contribution is 0.299. The van der Waals surface area contributed by atoms with Gasteiger partial charge in [0.05, 0.1) is 4.90 Å². The molecule has 142 valence electrons. The van der Waals surface area contributed by atoms with Gasteiger partial charge in [-0.25, -0.2) is 13.1 Å². The Bertz CT molecular complexity index is 844. The minimum absolute atomic E-state index is 0.0486. The molecule has 0 saturated carbocycles. The first-order chi connectivity index (χ1) is 12.1. The molecule has 2 aromatic carbocycles. The molecule has 6 heteroatoms. The topological polar surface area (TPSA) is 52.7 Å². The number of hydrogen-bond acceptors (Lipinski definition) is 4. The summed E-state index contributed by atoms with van der Waals surface area (Å²) in [7, 11) is 4.36. The van der Waals surface area contributed by atoms with Crippen LogP contribution in [0.15, 0.2) is 47.4 Å². The maximum atomic E-state index is 12.7. The summed E-state index contributed by atoms with van der Waals surface area (Å²) in [5, 5.41) is 0. The molecule has 0 aliphatic rings. The fraction of sp³-hybridized carbons (Fsp3) is 0.400. The van der Waals surface area contributed by atoms with Crippen LogP contribution in [0.4, 0.5) is 5.69 Å². The van der Waals surface area contributed by atoms with E-state index in [1.807, 2.05) is 82.2 Å². The molecule has 0 saturated heterocycles. The van der Waals surface area contributed by atoms with Gasteiger partial charge < -0.3 is 9.80 Å². The summed E-state index contributed by atoms with van der Waals surface area (Å²) in [4.78, 5) is 4.37. The first-order valence-electron chi connectivity index (χ1n) is 8.62. The predicted octanol–water partition coefficient (Wildman–Crippen LogP) is 2.95. The van der Waals surface area contributed by atoms with E-state index < -0.39 is 10.0 Å². The van der Waals surface area contributed by atoms with Crippen LogP contribution < -0.4 is 9.62 Å². The highest BCUT2D eigenvalue weighted by Crippen LogP contribution is 2.22. The molecule has 0 bridgehead atoms. The van der Waals surface area contributed by atoms with Gasteiger partial charge in [0.15, 0.2) is 0 Å². The summed E-state index contributed by atoms with van der Waals surface area (Å²) in [5.41, 5.74) is 4.23. The Morgan fingerprint density at radius 1 is 0.923 bits per heavy atom. The minimum atomic E-state index is -3.54. The van der Waals surface area contributed by atoms with Crippen molar-refractivity contribution in [2.75, 3.05) is 39.6 Å². The Hall–Kier alpha value is -1.89. The molecule has 2 rings (SSSR count). The monoisotopic (exact) mass is 375 g/mol. The van der Waals surface area contributed by atoms with Gasteiger partial charge in [0.25, 0.3) is 0 Å². The second-order valence-electron chi connectivity index (χ2n) is 7.06. The van der Waals surface area contributed by atoms with Crippen molar-refractivity contribution in [2.24, 2.45) is 0 Å². The molecule has 0 aliphatic heterocycles. The second-order valence-corrected chi connectivity index (χ2v) is 8.83. The van der Waals surface area contributed by atoms with Crippen LogP contribution in [0.2, 0.25) is 0 Å². The molecule has 0 spiro atoms. The third-order valence-electron chi connectivity index (χ3n) is 4.67. The molecule has 0 aliphatic carbocycles. The highest BCUT2D eigenvalue weighted by atomic mass is 32.2. The third kappa shape index (κ3) is 4.84. The van der Waals surface area contributed by atoms with Crippen LogP contribution in [0.1, 0.15) is 22.7 Å². The van der Waals surface area contributed by atoms with E-state index in [4.69, 9.17) is 0 Å². The fourth-order valence-electron chi connectivity index (χ4n) is 2.75. The fourth-order valence-corrected chi connectivity index (χ4v) is 3.87. The van der Waals surface area contributed by atoms with Crippen molar-refractivity contribution in [3.8, 4) is 0 Å². The van der Waals surface area contributed by atoms with Gasteiger partial charge in [-0.15, -0.1) is 0 Å². The third-order valence-corrected chi connectivity index (χ3v) is 6.09. The Kier molecular flexibility index (Phi) is 6.44. The molecule has 2 aromatic rings. The largest absolute Gasteiger partial charge is 0.378 e. The standard InChI is InChI=1S/C20H29N3O2S/c1-15-7-12-19(13-16(15)2)26(24,25)21-14-20(23(5)6)17-8-10-18(11-9-17)22(3)4/h7-13,20-21H,14H2,1-6H3. The van der Waals surface area contributed by atoms with Crippen LogP contribution in [-0.4, -0.2) is 48.1 Å². The van der Waals surface area contributed by atoms with Gasteiger partial charge in [-0.3, -0.25) is 0 Å². The Labute approximate surface area is 157 Å². The number of anilines is 1. The Morgan fingerprint density at radius 2 is 1.54 bits per heavy atom. The summed E-state index contributed by atoms with van der Waals surface area (Å²) in [6, 6.07) is 13.3. The number of sulfonamides is 1. The van der Waals surface area contributed by atoms with E-state index >= 15 is 0 Å². The van der Waals surface area contributed by atoms with Gasteiger partial charge in [0, 0.05) is 32.4 Å². The van der Waals surface area contributed by atoms with Gasteiger partial charge in [0.1, 0.15) is 0 Å². The highest BCUT2D eigenvalue weighted by molar-refractivity contribution is 7.89. The SMILES string of the molecule is Cc1ccc(S(=O)(=O)NCC(c2ccc(N(C)C)cc2)N(C)C)cc1C. The number of benzene rings is 2. The molecule has 0 aromatic heterocycles. The van der Waals surface area contributed by atoms with E-state index in [1.165, 1.54) is 0 Å². The average Bonchev–Trinajstić information content (AvgIpc) is 2.57. The molecule has 1 atom stereocenters. The van der Waals surface area contributed by atoms with Gasteiger partial charge in [-0.1, -0.05) is 18.2 Å². The van der Waals surface area contributed by atoms with Crippen molar-refractivity contribution in [3.05, 3.63) is 59.2 Å². The van der Waals surface area contributed by atoms with Gasteiger partial charge in [0.2, 0.25) is 10.0 Å². The zero-order valence-corrected chi connectivity index (χ0v) is 17.3. The van der Waals surface area contributed by atoms with Crippen LogP contribution in [-0.2, 0) is 10.0 Å². The number of likely N-dealkylation sites (N-methyl/N-ethyl adjacent to an activating group) is 1. The molecular formula is C20H29N3O2S. The predicted molar refractivity (Wildman–Crippen MR) is 108 cm³/mol. The zero-order chi connectivity index (χ0) is 19.5. The normalized spacial score (nSPS) is 13.0. The van der Waals surface area contributed by atoms with Crippen molar-refractivity contribution in [1.29, 1.82) is 0 Å². The van der Waals surface area contributed by atoms with Crippen molar-refractivity contribution >= 4 is 15.7 Å². The summed E-state index contributed by atoms with van der Waals surface area (Å²) < 4.78 is 28.1. The lowest BCUT2D eigenvalue weighted by Crippen LogP contribution is -2.34. The summed E-state index contributed by atoms with van der Waals surface area (Å²) in [6.45, 7) is 4.20. The van der Waals surface area contributed by atoms with Crippen molar-refractivity contribution in [1.82, 2.24) is 9.62 Å². The van der Waals surface area contributed by atoms with Crippen LogP contribution in [0.3, 0.4) is 0 Å². The van der Waals surface area contributed by atoms with Crippen LogP contribution in [0.5, 0.6) is 0 Å². The van der Waals surface area contributed by atoms with Crippen LogP contribution in [0, 0.1) is 13.8 Å². The van der Waals surface area contributed by atoms with E-state index in [0.29, 0.717) is 11.4 Å². The van der Waals surface area contributed by atoms with E-state index in [0.717, 1.165) is 22.4 Å².